The molecule has 0 heterocycles. The molecule has 0 bridgehead atoms. The van der Waals surface area contributed by atoms with Crippen LogP contribution in [0, 0.1) is 0 Å². The second kappa shape index (κ2) is 3.92. The van der Waals surface area contributed by atoms with Crippen molar-refractivity contribution < 1.29 is 0 Å². The van der Waals surface area contributed by atoms with E-state index in [0.717, 1.165) is 21.5 Å². The third kappa shape index (κ3) is 1.81. The normalized spacial score (nSPS) is 10.2. The van der Waals surface area contributed by atoms with E-state index in [-0.39, 0.29) is 0 Å². The lowest BCUT2D eigenvalue weighted by molar-refractivity contribution is 1.68. The van der Waals surface area contributed by atoms with E-state index in [0.29, 0.717) is 0 Å². The van der Waals surface area contributed by atoms with Crippen LogP contribution in [0.4, 0.5) is 0 Å². The molecule has 0 aliphatic heterocycles. The van der Waals surface area contributed by atoms with Gasteiger partial charge in [0.05, 0.1) is 0 Å². The van der Waals surface area contributed by atoms with Gasteiger partial charge in [0.1, 0.15) is 0 Å². The smallest absolute Gasteiger partial charge is 0.0412 e. The molecule has 0 aliphatic carbocycles. The summed E-state index contributed by atoms with van der Waals surface area (Å²) < 4.78 is 0. The van der Waals surface area contributed by atoms with Crippen molar-refractivity contribution in [2.45, 2.75) is 0 Å². The number of rotatable bonds is 2. The van der Waals surface area contributed by atoms with Gasteiger partial charge in [-0.25, -0.2) is 0 Å². The molecule has 0 nitrogen and oxygen atoms in total. The third-order valence-corrected chi connectivity index (χ3v) is 2.66. The van der Waals surface area contributed by atoms with Crippen molar-refractivity contribution in [2.75, 3.05) is 0 Å². The minimum atomic E-state index is 0.749. The highest BCUT2D eigenvalue weighted by Gasteiger charge is 2.00. The molecule has 0 aromatic heterocycles. The van der Waals surface area contributed by atoms with Crippen LogP contribution in [0.15, 0.2) is 43.5 Å². The van der Waals surface area contributed by atoms with E-state index >= 15 is 0 Å². The Morgan fingerprint density at radius 2 is 1.80 bits per heavy atom. The van der Waals surface area contributed by atoms with Gasteiger partial charge < -0.3 is 0 Å². The quantitative estimate of drug-likeness (QED) is 0.675. The van der Waals surface area contributed by atoms with Crippen molar-refractivity contribution in [3.05, 3.63) is 59.6 Å². The Kier molecular flexibility index (Phi) is 2.61. The van der Waals surface area contributed by atoms with Crippen molar-refractivity contribution in [2.24, 2.45) is 0 Å². The maximum Gasteiger partial charge on any atom is 0.0412 e. The van der Waals surface area contributed by atoms with Gasteiger partial charge in [-0.2, -0.15) is 0 Å². The molecule has 0 amide bonds. The summed E-state index contributed by atoms with van der Waals surface area (Å²) in [4.78, 5) is 0. The Labute approximate surface area is 94.5 Å². The van der Waals surface area contributed by atoms with Crippen molar-refractivity contribution in [3.63, 3.8) is 0 Å². The lowest BCUT2D eigenvalue weighted by Gasteiger charge is -2.05. The average molecular weight is 215 g/mol. The first kappa shape index (κ1) is 10.0. The molecule has 1 heteroatoms. The molecular formula is C14H11Cl. The van der Waals surface area contributed by atoms with Crippen LogP contribution >= 0.6 is 11.6 Å². The average Bonchev–Trinajstić information content (AvgIpc) is 2.26. The predicted molar refractivity (Wildman–Crippen MR) is 69.1 cm³/mol. The van der Waals surface area contributed by atoms with Crippen LogP contribution in [0.5, 0.6) is 0 Å². The van der Waals surface area contributed by atoms with Crippen LogP contribution in [-0.2, 0) is 0 Å². The monoisotopic (exact) mass is 214 g/mol. The molecule has 74 valence electrons. The second-order valence-electron chi connectivity index (χ2n) is 3.38. The second-order valence-corrected chi connectivity index (χ2v) is 3.82. The number of hydrogen-bond acceptors (Lipinski definition) is 0. The SMILES string of the molecule is C=Cc1cc(C=C)c2ccc(Cl)cc2c1. The molecule has 0 spiro atoms. The van der Waals surface area contributed by atoms with Gasteiger partial charge in [0.25, 0.3) is 0 Å². The van der Waals surface area contributed by atoms with Crippen LogP contribution in [-0.4, -0.2) is 0 Å². The maximum absolute atomic E-state index is 5.96. The molecule has 0 unspecified atom stereocenters. The van der Waals surface area contributed by atoms with Gasteiger partial charge in [0.15, 0.2) is 0 Å². The number of hydrogen-bond donors (Lipinski definition) is 0. The summed E-state index contributed by atoms with van der Waals surface area (Å²) in [6.45, 7) is 7.58. The summed E-state index contributed by atoms with van der Waals surface area (Å²) in [5, 5.41) is 3.04. The maximum atomic E-state index is 5.96. The Balaban J connectivity index is 2.86. The highest BCUT2D eigenvalue weighted by atomic mass is 35.5. The topological polar surface area (TPSA) is 0 Å². The van der Waals surface area contributed by atoms with Gasteiger partial charge >= 0.3 is 0 Å². The minimum absolute atomic E-state index is 0.749. The fourth-order valence-corrected chi connectivity index (χ4v) is 1.86. The van der Waals surface area contributed by atoms with E-state index in [1.165, 1.54) is 5.39 Å². The molecule has 0 saturated heterocycles. The van der Waals surface area contributed by atoms with E-state index in [9.17, 15) is 0 Å². The molecule has 0 N–H and O–H groups in total. The van der Waals surface area contributed by atoms with E-state index in [1.54, 1.807) is 0 Å². The fourth-order valence-electron chi connectivity index (χ4n) is 1.68. The van der Waals surface area contributed by atoms with Crippen LogP contribution < -0.4 is 0 Å². The molecule has 0 fully saturated rings. The highest BCUT2D eigenvalue weighted by molar-refractivity contribution is 6.31. The van der Waals surface area contributed by atoms with Crippen molar-refractivity contribution in [3.8, 4) is 0 Å². The zero-order valence-corrected chi connectivity index (χ0v) is 9.09. The molecule has 0 radical (unpaired) electrons. The Hall–Kier alpha value is -1.53. The fraction of sp³-hybridized carbons (Fsp3) is 0. The third-order valence-electron chi connectivity index (χ3n) is 2.42. The number of benzene rings is 2. The zero-order valence-electron chi connectivity index (χ0n) is 8.33. The van der Waals surface area contributed by atoms with Gasteiger partial charge in [-0.1, -0.05) is 43.0 Å². The van der Waals surface area contributed by atoms with Crippen LogP contribution in [0.25, 0.3) is 22.9 Å². The number of halogens is 1. The molecule has 0 atom stereocenters. The standard InChI is InChI=1S/C14H11Cl/c1-3-10-7-11(4-2)14-6-5-13(15)9-12(14)8-10/h3-9H,1-2H2. The first-order chi connectivity index (χ1) is 7.24. The van der Waals surface area contributed by atoms with E-state index in [2.05, 4.69) is 25.3 Å². The van der Waals surface area contributed by atoms with E-state index in [1.807, 2.05) is 30.4 Å². The lowest BCUT2D eigenvalue weighted by Crippen LogP contribution is -1.81. The summed E-state index contributed by atoms with van der Waals surface area (Å²) in [5.41, 5.74) is 2.19. The summed E-state index contributed by atoms with van der Waals surface area (Å²) in [7, 11) is 0. The largest absolute Gasteiger partial charge is 0.0985 e. The summed E-state index contributed by atoms with van der Waals surface area (Å²) >= 11 is 5.96. The summed E-state index contributed by atoms with van der Waals surface area (Å²) in [6.07, 6.45) is 3.68. The van der Waals surface area contributed by atoms with Gasteiger partial charge in [-0.15, -0.1) is 0 Å². The Morgan fingerprint density at radius 3 is 2.47 bits per heavy atom. The Morgan fingerprint density at radius 1 is 1.00 bits per heavy atom. The van der Waals surface area contributed by atoms with Crippen LogP contribution in [0.3, 0.4) is 0 Å². The van der Waals surface area contributed by atoms with Gasteiger partial charge in [0.2, 0.25) is 0 Å². The molecular weight excluding hydrogens is 204 g/mol. The minimum Gasteiger partial charge on any atom is -0.0985 e. The van der Waals surface area contributed by atoms with Gasteiger partial charge in [-0.3, -0.25) is 0 Å². The lowest BCUT2D eigenvalue weighted by atomic mass is 10.0. The molecule has 15 heavy (non-hydrogen) atoms. The van der Waals surface area contributed by atoms with E-state index < -0.39 is 0 Å². The zero-order chi connectivity index (χ0) is 10.8. The molecule has 0 aliphatic rings. The molecule has 2 rings (SSSR count). The van der Waals surface area contributed by atoms with E-state index in [4.69, 9.17) is 11.6 Å². The molecule has 2 aromatic rings. The van der Waals surface area contributed by atoms with Crippen molar-refractivity contribution >= 4 is 34.5 Å². The molecule has 0 saturated carbocycles. The number of fused-ring (bicyclic) bond motifs is 1. The first-order valence-electron chi connectivity index (χ1n) is 4.73. The van der Waals surface area contributed by atoms with Crippen LogP contribution in [0.1, 0.15) is 11.1 Å². The Bertz CT molecular complexity index is 538. The summed E-state index contributed by atoms with van der Waals surface area (Å²) in [5.74, 6) is 0. The van der Waals surface area contributed by atoms with Gasteiger partial charge in [-0.05, 0) is 46.2 Å². The van der Waals surface area contributed by atoms with Crippen molar-refractivity contribution in [1.29, 1.82) is 0 Å². The van der Waals surface area contributed by atoms with Crippen molar-refractivity contribution in [1.82, 2.24) is 0 Å². The highest BCUT2D eigenvalue weighted by Crippen LogP contribution is 2.25. The van der Waals surface area contributed by atoms with Crippen LogP contribution in [0.2, 0.25) is 5.02 Å². The first-order valence-corrected chi connectivity index (χ1v) is 5.10. The van der Waals surface area contributed by atoms with Gasteiger partial charge in [0, 0.05) is 5.02 Å². The predicted octanol–water partition coefficient (Wildman–Crippen LogP) is 4.78. The molecule has 2 aromatic carbocycles. The summed E-state index contributed by atoms with van der Waals surface area (Å²) in [6, 6.07) is 10.0.